The molecule has 2 heterocycles. The predicted octanol–water partition coefficient (Wildman–Crippen LogP) is 1.37. The minimum absolute atomic E-state index is 0.204. The van der Waals surface area contributed by atoms with Crippen LogP contribution in [0, 0.1) is 0 Å². The first kappa shape index (κ1) is 19.6. The second kappa shape index (κ2) is 9.68. The number of nitrogen functional groups attached to an aromatic ring is 1. The SMILES string of the molecule is Cn1nc(N)nc1NCC(O)COCc1cccc(CN2CCCCC2)c1. The van der Waals surface area contributed by atoms with Gasteiger partial charge in [0.15, 0.2) is 0 Å². The van der Waals surface area contributed by atoms with Gasteiger partial charge >= 0.3 is 0 Å². The highest BCUT2D eigenvalue weighted by atomic mass is 16.5. The predicted molar refractivity (Wildman–Crippen MR) is 105 cm³/mol. The summed E-state index contributed by atoms with van der Waals surface area (Å²) in [6, 6.07) is 8.51. The first-order chi connectivity index (χ1) is 13.1. The Morgan fingerprint density at radius 2 is 2.04 bits per heavy atom. The van der Waals surface area contributed by atoms with Crippen molar-refractivity contribution < 1.29 is 9.84 Å². The standard InChI is InChI=1S/C19H30N6O2/c1-24-19(22-18(20)23-24)21-11-17(26)14-27-13-16-7-5-6-15(10-16)12-25-8-3-2-4-9-25/h5-7,10,17,26H,2-4,8-9,11-14H2,1H3,(H3,20,21,22,23). The monoisotopic (exact) mass is 374 g/mol. The molecule has 1 saturated heterocycles. The lowest BCUT2D eigenvalue weighted by molar-refractivity contribution is 0.0347. The van der Waals surface area contributed by atoms with Crippen LogP contribution in [-0.4, -0.2) is 57.1 Å². The molecule has 8 heteroatoms. The summed E-state index contributed by atoms with van der Waals surface area (Å²) in [6.07, 6.45) is 3.32. The van der Waals surface area contributed by atoms with E-state index in [-0.39, 0.29) is 12.6 Å². The Hall–Kier alpha value is -2.16. The number of rotatable bonds is 9. The maximum Gasteiger partial charge on any atom is 0.241 e. The molecular formula is C19H30N6O2. The summed E-state index contributed by atoms with van der Waals surface area (Å²) < 4.78 is 7.22. The van der Waals surface area contributed by atoms with Crippen LogP contribution in [0.25, 0.3) is 0 Å². The van der Waals surface area contributed by atoms with Gasteiger partial charge in [0, 0.05) is 20.1 Å². The molecule has 2 aromatic rings. The van der Waals surface area contributed by atoms with E-state index in [4.69, 9.17) is 10.5 Å². The Kier molecular flexibility index (Phi) is 7.03. The number of hydrogen-bond acceptors (Lipinski definition) is 7. The zero-order chi connectivity index (χ0) is 19.1. The number of nitrogens with zero attached hydrogens (tertiary/aromatic N) is 4. The number of aryl methyl sites for hydroxylation is 1. The smallest absolute Gasteiger partial charge is 0.241 e. The van der Waals surface area contributed by atoms with Gasteiger partial charge in [-0.05, 0) is 37.1 Å². The molecule has 4 N–H and O–H groups in total. The highest BCUT2D eigenvalue weighted by Crippen LogP contribution is 2.14. The maximum absolute atomic E-state index is 10.1. The number of nitrogens with one attached hydrogen (secondary N) is 1. The van der Waals surface area contributed by atoms with Gasteiger partial charge in [-0.2, -0.15) is 4.98 Å². The van der Waals surface area contributed by atoms with Crippen molar-refractivity contribution in [3.05, 3.63) is 35.4 Å². The van der Waals surface area contributed by atoms with Gasteiger partial charge in [-0.3, -0.25) is 4.90 Å². The van der Waals surface area contributed by atoms with E-state index in [1.807, 2.05) is 0 Å². The minimum Gasteiger partial charge on any atom is -0.389 e. The summed E-state index contributed by atoms with van der Waals surface area (Å²) in [4.78, 5) is 6.54. The van der Waals surface area contributed by atoms with Crippen molar-refractivity contribution in [3.63, 3.8) is 0 Å². The lowest BCUT2D eigenvalue weighted by atomic mass is 10.1. The second-order valence-electron chi connectivity index (χ2n) is 7.12. The molecule has 1 aromatic heterocycles. The molecule has 1 aliphatic heterocycles. The molecular weight excluding hydrogens is 344 g/mol. The number of piperidine rings is 1. The Bertz CT molecular complexity index is 714. The minimum atomic E-state index is -0.639. The summed E-state index contributed by atoms with van der Waals surface area (Å²) in [7, 11) is 1.74. The highest BCUT2D eigenvalue weighted by Gasteiger charge is 2.11. The van der Waals surface area contributed by atoms with E-state index < -0.39 is 6.10 Å². The lowest BCUT2D eigenvalue weighted by Crippen LogP contribution is -2.29. The number of aliphatic hydroxyl groups excluding tert-OH is 1. The van der Waals surface area contributed by atoms with Gasteiger partial charge in [0.25, 0.3) is 0 Å². The Morgan fingerprint density at radius 1 is 1.26 bits per heavy atom. The van der Waals surface area contributed by atoms with E-state index in [1.165, 1.54) is 42.6 Å². The van der Waals surface area contributed by atoms with E-state index >= 15 is 0 Å². The summed E-state index contributed by atoms with van der Waals surface area (Å²) in [6.45, 7) is 4.44. The second-order valence-corrected chi connectivity index (χ2v) is 7.12. The molecule has 0 radical (unpaired) electrons. The van der Waals surface area contributed by atoms with Crippen LogP contribution in [0.1, 0.15) is 30.4 Å². The van der Waals surface area contributed by atoms with Gasteiger partial charge in [-0.25, -0.2) is 4.68 Å². The van der Waals surface area contributed by atoms with E-state index in [1.54, 1.807) is 7.05 Å². The molecule has 0 spiro atoms. The van der Waals surface area contributed by atoms with Crippen molar-refractivity contribution in [2.45, 2.75) is 38.5 Å². The molecule has 1 fully saturated rings. The molecule has 0 bridgehead atoms. The summed E-state index contributed by atoms with van der Waals surface area (Å²) in [5.74, 6) is 0.729. The van der Waals surface area contributed by atoms with Crippen LogP contribution in [0.5, 0.6) is 0 Å². The number of hydrogen-bond donors (Lipinski definition) is 3. The molecule has 0 aliphatic carbocycles. The normalized spacial score (nSPS) is 16.4. The van der Waals surface area contributed by atoms with Crippen LogP contribution in [-0.2, 0) is 24.9 Å². The molecule has 1 atom stereocenters. The molecule has 0 saturated carbocycles. The Morgan fingerprint density at radius 3 is 2.78 bits per heavy atom. The van der Waals surface area contributed by atoms with Gasteiger partial charge in [0.2, 0.25) is 11.9 Å². The maximum atomic E-state index is 10.1. The molecule has 1 aromatic carbocycles. The third-order valence-corrected chi connectivity index (χ3v) is 4.70. The van der Waals surface area contributed by atoms with Crippen LogP contribution in [0.4, 0.5) is 11.9 Å². The summed E-state index contributed by atoms with van der Waals surface area (Å²) in [5.41, 5.74) is 7.98. The first-order valence-electron chi connectivity index (χ1n) is 9.56. The topological polar surface area (TPSA) is 101 Å². The van der Waals surface area contributed by atoms with E-state index in [0.29, 0.717) is 19.1 Å². The fourth-order valence-corrected chi connectivity index (χ4v) is 3.33. The Balaban J connectivity index is 1.39. The highest BCUT2D eigenvalue weighted by molar-refractivity contribution is 5.31. The summed E-state index contributed by atoms with van der Waals surface area (Å²) in [5, 5.41) is 17.0. The number of likely N-dealkylation sites (tertiary alicyclic amines) is 1. The van der Waals surface area contributed by atoms with Crippen LogP contribution >= 0.6 is 0 Å². The first-order valence-corrected chi connectivity index (χ1v) is 9.56. The zero-order valence-corrected chi connectivity index (χ0v) is 16.0. The van der Waals surface area contributed by atoms with Gasteiger partial charge in [0.05, 0.1) is 19.3 Å². The van der Waals surface area contributed by atoms with Crippen molar-refractivity contribution >= 4 is 11.9 Å². The van der Waals surface area contributed by atoms with Gasteiger partial charge < -0.3 is 20.9 Å². The van der Waals surface area contributed by atoms with Crippen molar-refractivity contribution in [1.29, 1.82) is 0 Å². The molecule has 3 rings (SSSR count). The molecule has 0 amide bonds. The van der Waals surface area contributed by atoms with Gasteiger partial charge in [-0.1, -0.05) is 30.7 Å². The number of ether oxygens (including phenoxy) is 1. The van der Waals surface area contributed by atoms with Crippen molar-refractivity contribution in [3.8, 4) is 0 Å². The van der Waals surface area contributed by atoms with E-state index in [2.05, 4.69) is 44.6 Å². The van der Waals surface area contributed by atoms with E-state index in [9.17, 15) is 5.11 Å². The zero-order valence-electron chi connectivity index (χ0n) is 16.0. The lowest BCUT2D eigenvalue weighted by Gasteiger charge is -2.26. The van der Waals surface area contributed by atoms with Crippen molar-refractivity contribution in [2.75, 3.05) is 37.3 Å². The van der Waals surface area contributed by atoms with Gasteiger partial charge in [-0.15, -0.1) is 5.10 Å². The van der Waals surface area contributed by atoms with Crippen LogP contribution in [0.15, 0.2) is 24.3 Å². The molecule has 1 unspecified atom stereocenters. The van der Waals surface area contributed by atoms with Crippen LogP contribution < -0.4 is 11.1 Å². The summed E-state index contributed by atoms with van der Waals surface area (Å²) >= 11 is 0. The Labute approximate surface area is 160 Å². The van der Waals surface area contributed by atoms with Gasteiger partial charge in [0.1, 0.15) is 0 Å². The third kappa shape index (κ3) is 6.20. The fraction of sp³-hybridized carbons (Fsp3) is 0.579. The number of aromatic nitrogens is 3. The molecule has 1 aliphatic rings. The van der Waals surface area contributed by atoms with Crippen molar-refractivity contribution in [1.82, 2.24) is 19.7 Å². The molecule has 8 nitrogen and oxygen atoms in total. The van der Waals surface area contributed by atoms with Crippen LogP contribution in [0.3, 0.4) is 0 Å². The fourth-order valence-electron chi connectivity index (χ4n) is 3.33. The van der Waals surface area contributed by atoms with Crippen LogP contribution in [0.2, 0.25) is 0 Å². The number of benzene rings is 1. The average Bonchev–Trinajstić information content (AvgIpc) is 2.98. The number of nitrogens with two attached hydrogens (primary N) is 1. The van der Waals surface area contributed by atoms with E-state index in [0.717, 1.165) is 12.1 Å². The largest absolute Gasteiger partial charge is 0.389 e. The number of aliphatic hydroxyl groups is 1. The van der Waals surface area contributed by atoms with Crippen molar-refractivity contribution in [2.24, 2.45) is 7.05 Å². The molecule has 148 valence electrons. The quantitative estimate of drug-likeness (QED) is 0.609. The average molecular weight is 374 g/mol. The third-order valence-electron chi connectivity index (χ3n) is 4.70. The number of anilines is 2. The molecule has 27 heavy (non-hydrogen) atoms.